The van der Waals surface area contributed by atoms with Crippen LogP contribution < -0.4 is 0 Å². The Morgan fingerprint density at radius 2 is 2.44 bits per heavy atom. The third kappa shape index (κ3) is 0.914. The molecule has 1 heterocycles. The number of halogens is 1. The van der Waals surface area contributed by atoms with Crippen molar-refractivity contribution < 1.29 is 0 Å². The van der Waals surface area contributed by atoms with Crippen LogP contribution in [-0.2, 0) is 0 Å². The van der Waals surface area contributed by atoms with E-state index in [0.29, 0.717) is 10.7 Å². The molecule has 0 aliphatic carbocycles. The van der Waals surface area contributed by atoms with E-state index >= 15 is 0 Å². The number of aryl methyl sites for hydroxylation is 1. The molecule has 46 valence electrons. The Morgan fingerprint density at radius 1 is 1.78 bits per heavy atom. The van der Waals surface area contributed by atoms with Gasteiger partial charge in [-0.25, -0.2) is 0 Å². The van der Waals surface area contributed by atoms with Gasteiger partial charge in [0.25, 0.3) is 0 Å². The summed E-state index contributed by atoms with van der Waals surface area (Å²) in [6.45, 7) is 1.82. The van der Waals surface area contributed by atoms with Gasteiger partial charge < -0.3 is 0 Å². The minimum absolute atomic E-state index is 0.481. The van der Waals surface area contributed by atoms with E-state index in [0.717, 1.165) is 5.69 Å². The lowest BCUT2D eigenvalue weighted by Gasteiger charge is -1.80. The molecule has 0 saturated carbocycles. The van der Waals surface area contributed by atoms with Crippen molar-refractivity contribution in [3.63, 3.8) is 0 Å². The molecule has 2 nitrogen and oxygen atoms in total. The first kappa shape index (κ1) is 6.18. The van der Waals surface area contributed by atoms with Crippen molar-refractivity contribution in [1.82, 2.24) is 10.2 Å². The topological polar surface area (TPSA) is 28.7 Å². The number of aromatic amines is 1. The Bertz CT molecular complexity index is 257. The highest BCUT2D eigenvalue weighted by Gasteiger charge is 2.02. The van der Waals surface area contributed by atoms with Gasteiger partial charge in [-0.3, -0.25) is 5.10 Å². The second-order valence-corrected chi connectivity index (χ2v) is 2.03. The number of hydrogen-bond donors (Lipinski definition) is 1. The first-order chi connectivity index (χ1) is 4.25. The van der Waals surface area contributed by atoms with E-state index in [1.54, 1.807) is 0 Å². The Kier molecular flexibility index (Phi) is 1.46. The van der Waals surface area contributed by atoms with Gasteiger partial charge in [0, 0.05) is 0 Å². The van der Waals surface area contributed by atoms with Gasteiger partial charge in [0.05, 0.1) is 10.7 Å². The molecular weight excluding hydrogens is 136 g/mol. The highest BCUT2D eigenvalue weighted by molar-refractivity contribution is 6.32. The Balaban J connectivity index is 3.24. The molecule has 0 aromatic carbocycles. The zero-order valence-corrected chi connectivity index (χ0v) is 5.66. The molecule has 0 bridgehead atoms. The molecule has 1 N–H and O–H groups in total. The van der Waals surface area contributed by atoms with Crippen LogP contribution in [0.3, 0.4) is 0 Å². The molecule has 0 unspecified atom stereocenters. The Morgan fingerprint density at radius 3 is 2.67 bits per heavy atom. The van der Waals surface area contributed by atoms with Gasteiger partial charge >= 0.3 is 0 Å². The van der Waals surface area contributed by atoms with E-state index in [2.05, 4.69) is 16.1 Å². The van der Waals surface area contributed by atoms with E-state index in [4.69, 9.17) is 18.0 Å². The molecule has 1 aromatic rings. The Hall–Kier alpha value is -0.940. The van der Waals surface area contributed by atoms with E-state index in [-0.39, 0.29) is 0 Å². The molecule has 0 spiro atoms. The average Bonchev–Trinajstić information content (AvgIpc) is 2.15. The molecule has 0 amide bonds. The standard InChI is InChI=1S/C6H5ClN2/c1-3-5-6(7)4(2)8-9-5/h1H,2H3,(H,8,9). The van der Waals surface area contributed by atoms with E-state index in [1.165, 1.54) is 0 Å². The normalized spacial score (nSPS) is 9.00. The molecule has 0 radical (unpaired) electrons. The lowest BCUT2D eigenvalue weighted by Crippen LogP contribution is -1.70. The molecule has 0 fully saturated rings. The third-order valence-corrected chi connectivity index (χ3v) is 1.47. The Labute approximate surface area is 58.2 Å². The van der Waals surface area contributed by atoms with Crippen LogP contribution in [0.2, 0.25) is 5.02 Å². The fourth-order valence-electron chi connectivity index (χ4n) is 0.511. The summed E-state index contributed by atoms with van der Waals surface area (Å²) in [5, 5.41) is 6.94. The lowest BCUT2D eigenvalue weighted by atomic mass is 10.4. The lowest BCUT2D eigenvalue weighted by molar-refractivity contribution is 1.04. The molecule has 0 aliphatic rings. The highest BCUT2D eigenvalue weighted by atomic mass is 35.5. The van der Waals surface area contributed by atoms with Gasteiger partial charge in [0.1, 0.15) is 0 Å². The van der Waals surface area contributed by atoms with Crippen LogP contribution in [0.5, 0.6) is 0 Å². The second kappa shape index (κ2) is 2.12. The van der Waals surface area contributed by atoms with Gasteiger partial charge in [-0.1, -0.05) is 11.6 Å². The predicted molar refractivity (Wildman–Crippen MR) is 36.3 cm³/mol. The van der Waals surface area contributed by atoms with Crippen molar-refractivity contribution >= 4 is 11.6 Å². The summed E-state index contributed by atoms with van der Waals surface area (Å²) < 4.78 is 0. The smallest absolute Gasteiger partial charge is 0.153 e. The summed E-state index contributed by atoms with van der Waals surface area (Å²) in [6, 6.07) is 0. The minimum atomic E-state index is 0.481. The average molecular weight is 141 g/mol. The molecule has 3 heteroatoms. The van der Waals surface area contributed by atoms with Crippen molar-refractivity contribution in [2.24, 2.45) is 0 Å². The fourth-order valence-corrected chi connectivity index (χ4v) is 0.650. The molecule has 1 rings (SSSR count). The summed E-state index contributed by atoms with van der Waals surface area (Å²) in [4.78, 5) is 0. The largest absolute Gasteiger partial charge is 0.280 e. The van der Waals surface area contributed by atoms with Crippen molar-refractivity contribution in [2.45, 2.75) is 6.92 Å². The van der Waals surface area contributed by atoms with Crippen LogP contribution in [0.25, 0.3) is 0 Å². The quantitative estimate of drug-likeness (QED) is 0.542. The number of aromatic nitrogens is 2. The number of hydrogen-bond acceptors (Lipinski definition) is 1. The van der Waals surface area contributed by atoms with Gasteiger partial charge in [0.15, 0.2) is 5.69 Å². The molecule has 0 saturated heterocycles. The first-order valence-corrected chi connectivity index (χ1v) is 2.80. The molecule has 0 aliphatic heterocycles. The van der Waals surface area contributed by atoms with Gasteiger partial charge in [-0.05, 0) is 12.8 Å². The van der Waals surface area contributed by atoms with Gasteiger partial charge in [-0.2, -0.15) is 5.10 Å². The maximum Gasteiger partial charge on any atom is 0.153 e. The zero-order chi connectivity index (χ0) is 6.85. The van der Waals surface area contributed by atoms with E-state index in [1.807, 2.05) is 6.92 Å². The first-order valence-electron chi connectivity index (χ1n) is 2.42. The van der Waals surface area contributed by atoms with Crippen LogP contribution in [0.4, 0.5) is 0 Å². The third-order valence-electron chi connectivity index (χ3n) is 1.01. The number of terminal acetylenes is 1. The van der Waals surface area contributed by atoms with Gasteiger partial charge in [0.2, 0.25) is 0 Å². The summed E-state index contributed by atoms with van der Waals surface area (Å²) in [6.07, 6.45) is 5.05. The number of rotatable bonds is 0. The van der Waals surface area contributed by atoms with Gasteiger partial charge in [-0.15, -0.1) is 6.42 Å². The number of nitrogens with one attached hydrogen (secondary N) is 1. The molecule has 1 aromatic heterocycles. The van der Waals surface area contributed by atoms with Crippen LogP contribution in [0.15, 0.2) is 0 Å². The molecular formula is C6H5ClN2. The van der Waals surface area contributed by atoms with Crippen LogP contribution in [0, 0.1) is 19.3 Å². The maximum absolute atomic E-state index is 5.67. The summed E-state index contributed by atoms with van der Waals surface area (Å²) in [5.74, 6) is 2.34. The SMILES string of the molecule is C#Cc1n[nH]c(C)c1Cl. The molecule has 9 heavy (non-hydrogen) atoms. The number of H-pyrrole nitrogens is 1. The fraction of sp³-hybridized carbons (Fsp3) is 0.167. The molecule has 0 atom stereocenters. The van der Waals surface area contributed by atoms with Crippen molar-refractivity contribution in [2.75, 3.05) is 0 Å². The summed E-state index contributed by atoms with van der Waals surface area (Å²) in [7, 11) is 0. The maximum atomic E-state index is 5.67. The summed E-state index contributed by atoms with van der Waals surface area (Å²) in [5.41, 5.74) is 1.29. The highest BCUT2D eigenvalue weighted by Crippen LogP contribution is 2.14. The van der Waals surface area contributed by atoms with Crippen LogP contribution in [-0.4, -0.2) is 10.2 Å². The zero-order valence-electron chi connectivity index (χ0n) is 4.90. The second-order valence-electron chi connectivity index (χ2n) is 1.66. The van der Waals surface area contributed by atoms with Crippen LogP contribution >= 0.6 is 11.6 Å². The summed E-state index contributed by atoms with van der Waals surface area (Å²) >= 11 is 5.67. The monoisotopic (exact) mass is 140 g/mol. The van der Waals surface area contributed by atoms with Crippen molar-refractivity contribution in [3.8, 4) is 12.3 Å². The van der Waals surface area contributed by atoms with Crippen molar-refractivity contribution in [1.29, 1.82) is 0 Å². The van der Waals surface area contributed by atoms with Crippen LogP contribution in [0.1, 0.15) is 11.4 Å². The van der Waals surface area contributed by atoms with E-state index < -0.39 is 0 Å². The van der Waals surface area contributed by atoms with Crippen molar-refractivity contribution in [3.05, 3.63) is 16.4 Å². The van der Waals surface area contributed by atoms with E-state index in [9.17, 15) is 0 Å². The predicted octanol–water partition coefficient (Wildman–Crippen LogP) is 1.35. The minimum Gasteiger partial charge on any atom is -0.280 e. The number of nitrogens with zero attached hydrogens (tertiary/aromatic N) is 1.